The number of rotatable bonds is 3. The van der Waals surface area contributed by atoms with Crippen molar-refractivity contribution in [1.29, 1.82) is 5.26 Å². The second kappa shape index (κ2) is 3.08. The second-order valence-corrected chi connectivity index (χ2v) is 3.66. The summed E-state index contributed by atoms with van der Waals surface area (Å²) >= 11 is 2.06. The first-order chi connectivity index (χ1) is 4.33. The van der Waals surface area contributed by atoms with Crippen molar-refractivity contribution < 1.29 is 4.18 Å². The van der Waals surface area contributed by atoms with E-state index in [2.05, 4.69) is 27.3 Å². The Morgan fingerprint density at radius 1 is 1.78 bits per heavy atom. The summed E-state index contributed by atoms with van der Waals surface area (Å²) in [4.78, 5) is 0. The molecular weight excluding hydrogens is 249 g/mol. The van der Waals surface area contributed by atoms with Crippen molar-refractivity contribution in [2.24, 2.45) is 5.41 Å². The molecular formula is C5H6INOS. The van der Waals surface area contributed by atoms with E-state index in [9.17, 15) is 0 Å². The monoisotopic (exact) mass is 255 g/mol. The molecule has 0 unspecified atom stereocenters. The van der Waals surface area contributed by atoms with Crippen LogP contribution in [0.25, 0.3) is 0 Å². The van der Waals surface area contributed by atoms with Crippen LogP contribution in [-0.2, 0) is 4.18 Å². The minimum absolute atomic E-state index is 0.0990. The predicted molar refractivity (Wildman–Crippen MR) is 44.8 cm³/mol. The lowest BCUT2D eigenvalue weighted by atomic mass is 10.2. The van der Waals surface area contributed by atoms with Crippen molar-refractivity contribution in [2.45, 2.75) is 12.8 Å². The van der Waals surface area contributed by atoms with Gasteiger partial charge in [0.1, 0.15) is 0 Å². The van der Waals surface area contributed by atoms with Crippen LogP contribution in [0.1, 0.15) is 12.8 Å². The summed E-state index contributed by atoms with van der Waals surface area (Å²) in [7, 11) is 1.30. The van der Waals surface area contributed by atoms with Gasteiger partial charge >= 0.3 is 0 Å². The molecule has 0 bridgehead atoms. The molecule has 1 saturated carbocycles. The standard InChI is InChI=1S/C5H6INOS/c6-9-8-4-5(3-7)1-2-5/h1-2,4H2. The van der Waals surface area contributed by atoms with Crippen molar-refractivity contribution in [3.05, 3.63) is 0 Å². The van der Waals surface area contributed by atoms with E-state index in [4.69, 9.17) is 9.44 Å². The molecule has 50 valence electrons. The molecule has 0 heterocycles. The van der Waals surface area contributed by atoms with Crippen LogP contribution in [0.3, 0.4) is 0 Å². The number of nitriles is 1. The minimum Gasteiger partial charge on any atom is -0.304 e. The van der Waals surface area contributed by atoms with Crippen LogP contribution in [0.5, 0.6) is 0 Å². The van der Waals surface area contributed by atoms with Gasteiger partial charge in [-0.15, -0.1) is 0 Å². The van der Waals surface area contributed by atoms with Crippen molar-refractivity contribution in [3.63, 3.8) is 0 Å². The van der Waals surface area contributed by atoms with E-state index in [-0.39, 0.29) is 5.41 Å². The van der Waals surface area contributed by atoms with E-state index in [1.54, 1.807) is 0 Å². The fraction of sp³-hybridized carbons (Fsp3) is 0.800. The predicted octanol–water partition coefficient (Wildman–Crippen LogP) is 2.30. The van der Waals surface area contributed by atoms with Gasteiger partial charge in [0.15, 0.2) is 0 Å². The maximum Gasteiger partial charge on any atom is 0.0821 e. The zero-order chi connectivity index (χ0) is 6.74. The van der Waals surface area contributed by atoms with Crippen LogP contribution in [0.4, 0.5) is 0 Å². The molecule has 0 spiro atoms. The maximum absolute atomic E-state index is 8.54. The van der Waals surface area contributed by atoms with E-state index in [0.29, 0.717) is 6.61 Å². The van der Waals surface area contributed by atoms with Gasteiger partial charge in [-0.1, -0.05) is 0 Å². The topological polar surface area (TPSA) is 33.0 Å². The molecule has 1 fully saturated rings. The average molecular weight is 255 g/mol. The van der Waals surface area contributed by atoms with Crippen molar-refractivity contribution in [2.75, 3.05) is 6.61 Å². The highest BCUT2D eigenvalue weighted by Gasteiger charge is 2.43. The molecule has 4 heteroatoms. The van der Waals surface area contributed by atoms with Gasteiger partial charge in [-0.3, -0.25) is 0 Å². The molecule has 0 aromatic carbocycles. The lowest BCUT2D eigenvalue weighted by molar-refractivity contribution is 0.319. The largest absolute Gasteiger partial charge is 0.304 e. The van der Waals surface area contributed by atoms with Gasteiger partial charge in [-0.2, -0.15) is 5.26 Å². The van der Waals surface area contributed by atoms with E-state index in [1.165, 1.54) is 9.21 Å². The Labute approximate surface area is 70.7 Å². The van der Waals surface area contributed by atoms with Crippen LogP contribution in [-0.4, -0.2) is 6.61 Å². The molecule has 0 atom stereocenters. The number of hydrogen-bond acceptors (Lipinski definition) is 3. The summed E-state index contributed by atoms with van der Waals surface area (Å²) in [6, 6.07) is 2.25. The van der Waals surface area contributed by atoms with Gasteiger partial charge in [0.25, 0.3) is 0 Å². The molecule has 1 aliphatic rings. The minimum atomic E-state index is -0.0990. The lowest BCUT2D eigenvalue weighted by Gasteiger charge is -2.00. The summed E-state index contributed by atoms with van der Waals surface area (Å²) in [5.41, 5.74) is -0.0990. The Bertz CT molecular complexity index is 140. The molecule has 1 aliphatic carbocycles. The molecule has 0 aliphatic heterocycles. The Morgan fingerprint density at radius 2 is 2.44 bits per heavy atom. The SMILES string of the molecule is N#CC1(COSI)CC1. The van der Waals surface area contributed by atoms with Gasteiger partial charge < -0.3 is 4.18 Å². The Morgan fingerprint density at radius 3 is 2.78 bits per heavy atom. The van der Waals surface area contributed by atoms with E-state index in [0.717, 1.165) is 12.8 Å². The van der Waals surface area contributed by atoms with Gasteiger partial charge in [-0.05, 0) is 12.8 Å². The molecule has 0 aromatic heterocycles. The highest BCUT2D eigenvalue weighted by atomic mass is 127. The number of nitrogens with zero attached hydrogens (tertiary/aromatic N) is 1. The maximum atomic E-state index is 8.54. The highest BCUT2D eigenvalue weighted by Crippen LogP contribution is 2.45. The lowest BCUT2D eigenvalue weighted by Crippen LogP contribution is -2.02. The third kappa shape index (κ3) is 1.99. The third-order valence-corrected chi connectivity index (χ3v) is 2.44. The molecule has 0 aromatic rings. The van der Waals surface area contributed by atoms with Gasteiger partial charge in [0.2, 0.25) is 0 Å². The Kier molecular flexibility index (Phi) is 2.61. The molecule has 0 radical (unpaired) electrons. The highest BCUT2D eigenvalue weighted by molar-refractivity contribution is 14.2. The van der Waals surface area contributed by atoms with Crippen LogP contribution < -0.4 is 0 Å². The van der Waals surface area contributed by atoms with Crippen LogP contribution in [0.15, 0.2) is 0 Å². The average Bonchev–Trinajstić information content (AvgIpc) is 2.65. The zero-order valence-electron chi connectivity index (χ0n) is 4.76. The fourth-order valence-corrected chi connectivity index (χ4v) is 1.23. The third-order valence-electron chi connectivity index (χ3n) is 1.47. The summed E-state index contributed by atoms with van der Waals surface area (Å²) < 4.78 is 5.03. The quantitative estimate of drug-likeness (QED) is 0.573. The number of hydrogen-bond donors (Lipinski definition) is 0. The van der Waals surface area contributed by atoms with Gasteiger partial charge in [-0.25, -0.2) is 0 Å². The normalized spacial score (nSPS) is 20.9. The fourth-order valence-electron chi connectivity index (χ4n) is 0.574. The molecule has 1 rings (SSSR count). The summed E-state index contributed by atoms with van der Waals surface area (Å²) in [6.07, 6.45) is 2.03. The van der Waals surface area contributed by atoms with E-state index < -0.39 is 0 Å². The molecule has 0 saturated heterocycles. The van der Waals surface area contributed by atoms with Crippen molar-refractivity contribution in [3.8, 4) is 6.07 Å². The van der Waals surface area contributed by atoms with E-state index in [1.807, 2.05) is 0 Å². The van der Waals surface area contributed by atoms with Crippen LogP contribution in [0, 0.1) is 16.7 Å². The van der Waals surface area contributed by atoms with Gasteiger partial charge in [0.05, 0.1) is 27.3 Å². The summed E-state index contributed by atoms with van der Waals surface area (Å²) in [5, 5.41) is 8.54. The zero-order valence-corrected chi connectivity index (χ0v) is 7.74. The smallest absolute Gasteiger partial charge is 0.0821 e. The van der Waals surface area contributed by atoms with Crippen molar-refractivity contribution in [1.82, 2.24) is 0 Å². The Balaban J connectivity index is 2.20. The Hall–Kier alpha value is 0.530. The molecule has 2 nitrogen and oxygen atoms in total. The summed E-state index contributed by atoms with van der Waals surface area (Å²) in [5.74, 6) is 0. The second-order valence-electron chi connectivity index (χ2n) is 2.22. The number of halogens is 1. The summed E-state index contributed by atoms with van der Waals surface area (Å²) in [6.45, 7) is 0.594. The van der Waals surface area contributed by atoms with Crippen LogP contribution >= 0.6 is 30.4 Å². The van der Waals surface area contributed by atoms with Crippen molar-refractivity contribution >= 4 is 30.4 Å². The van der Waals surface area contributed by atoms with Gasteiger partial charge in [0, 0.05) is 21.2 Å². The molecule has 0 N–H and O–H groups in total. The first kappa shape index (κ1) is 7.63. The van der Waals surface area contributed by atoms with E-state index >= 15 is 0 Å². The first-order valence-electron chi connectivity index (χ1n) is 2.64. The molecule has 9 heavy (non-hydrogen) atoms. The first-order valence-corrected chi connectivity index (χ1v) is 5.93. The molecule has 0 amide bonds. The van der Waals surface area contributed by atoms with Crippen LogP contribution in [0.2, 0.25) is 0 Å².